The molecule has 2 rings (SSSR count). The number of rotatable bonds is 2. The fraction of sp³-hybridized carbons (Fsp3) is 0.133. The molecule has 0 spiro atoms. The van der Waals surface area contributed by atoms with E-state index in [9.17, 15) is 22.4 Å². The standard InChI is InChI=1S/C15H9BrF4O/c1-8-2-4-10(12(16)6-8)14(21)9-3-5-11(13(17)7-9)15(18,19)20/h2-7H,1H3. The van der Waals surface area contributed by atoms with Crippen molar-refractivity contribution >= 4 is 21.7 Å². The van der Waals surface area contributed by atoms with Crippen LogP contribution in [0.2, 0.25) is 0 Å². The van der Waals surface area contributed by atoms with Gasteiger partial charge >= 0.3 is 6.18 Å². The van der Waals surface area contributed by atoms with Gasteiger partial charge in [0.25, 0.3) is 0 Å². The topological polar surface area (TPSA) is 17.1 Å². The molecule has 0 aromatic heterocycles. The van der Waals surface area contributed by atoms with Crippen LogP contribution in [-0.2, 0) is 6.18 Å². The molecule has 0 aliphatic carbocycles. The Balaban J connectivity index is 2.43. The number of carbonyl (C=O) groups is 1. The van der Waals surface area contributed by atoms with E-state index in [1.807, 2.05) is 6.92 Å². The van der Waals surface area contributed by atoms with Crippen molar-refractivity contribution in [3.05, 3.63) is 68.9 Å². The summed E-state index contributed by atoms with van der Waals surface area (Å²) in [5.41, 5.74) is -0.344. The first-order valence-electron chi connectivity index (χ1n) is 5.88. The Kier molecular flexibility index (Phi) is 4.18. The zero-order valence-electron chi connectivity index (χ0n) is 10.8. The number of aryl methyl sites for hydroxylation is 1. The van der Waals surface area contributed by atoms with Crippen molar-refractivity contribution in [1.29, 1.82) is 0 Å². The molecule has 110 valence electrons. The second-order valence-corrected chi connectivity index (χ2v) is 5.36. The van der Waals surface area contributed by atoms with Crippen LogP contribution in [0.15, 0.2) is 40.9 Å². The summed E-state index contributed by atoms with van der Waals surface area (Å²) in [5.74, 6) is -2.01. The van der Waals surface area contributed by atoms with E-state index in [-0.39, 0.29) is 11.1 Å². The van der Waals surface area contributed by atoms with Gasteiger partial charge in [-0.3, -0.25) is 4.79 Å². The van der Waals surface area contributed by atoms with Gasteiger partial charge in [-0.15, -0.1) is 0 Å². The third kappa shape index (κ3) is 3.32. The molecule has 0 bridgehead atoms. The van der Waals surface area contributed by atoms with Crippen LogP contribution >= 0.6 is 15.9 Å². The van der Waals surface area contributed by atoms with Crippen LogP contribution in [0.1, 0.15) is 27.0 Å². The summed E-state index contributed by atoms with van der Waals surface area (Å²) in [5, 5.41) is 0. The van der Waals surface area contributed by atoms with Gasteiger partial charge in [-0.05, 0) is 36.8 Å². The molecule has 0 heterocycles. The molecule has 0 radical (unpaired) electrons. The van der Waals surface area contributed by atoms with Crippen LogP contribution in [0.5, 0.6) is 0 Å². The van der Waals surface area contributed by atoms with E-state index in [2.05, 4.69) is 15.9 Å². The molecular formula is C15H9BrF4O. The predicted octanol–water partition coefficient (Wildman–Crippen LogP) is 5.15. The van der Waals surface area contributed by atoms with Crippen LogP contribution in [0.4, 0.5) is 17.6 Å². The van der Waals surface area contributed by atoms with Crippen LogP contribution in [0.3, 0.4) is 0 Å². The molecule has 1 nitrogen and oxygen atoms in total. The van der Waals surface area contributed by atoms with Gasteiger partial charge in [0.1, 0.15) is 5.82 Å². The molecular weight excluding hydrogens is 352 g/mol. The van der Waals surface area contributed by atoms with Gasteiger partial charge in [0.2, 0.25) is 0 Å². The molecule has 0 atom stereocenters. The Morgan fingerprint density at radius 2 is 1.76 bits per heavy atom. The molecule has 6 heteroatoms. The number of ketones is 1. The summed E-state index contributed by atoms with van der Waals surface area (Å²) >= 11 is 3.22. The van der Waals surface area contributed by atoms with Crippen molar-refractivity contribution in [2.24, 2.45) is 0 Å². The first-order chi connectivity index (χ1) is 9.70. The van der Waals surface area contributed by atoms with Crippen molar-refractivity contribution in [3.8, 4) is 0 Å². The first-order valence-corrected chi connectivity index (χ1v) is 6.67. The molecule has 0 aliphatic heterocycles. The van der Waals surface area contributed by atoms with E-state index >= 15 is 0 Å². The van der Waals surface area contributed by atoms with Gasteiger partial charge in [0.15, 0.2) is 5.78 Å². The van der Waals surface area contributed by atoms with E-state index < -0.39 is 23.3 Å². The molecule has 0 fully saturated rings. The maximum atomic E-state index is 13.5. The maximum Gasteiger partial charge on any atom is 0.419 e. The van der Waals surface area contributed by atoms with E-state index in [0.29, 0.717) is 16.6 Å². The fourth-order valence-electron chi connectivity index (χ4n) is 1.85. The van der Waals surface area contributed by atoms with E-state index in [1.54, 1.807) is 12.1 Å². The normalized spacial score (nSPS) is 11.5. The third-order valence-corrected chi connectivity index (χ3v) is 3.56. The van der Waals surface area contributed by atoms with E-state index in [4.69, 9.17) is 0 Å². The van der Waals surface area contributed by atoms with Gasteiger partial charge in [0, 0.05) is 15.6 Å². The lowest BCUT2D eigenvalue weighted by Crippen LogP contribution is -2.10. The van der Waals surface area contributed by atoms with Crippen LogP contribution < -0.4 is 0 Å². The summed E-state index contributed by atoms with van der Waals surface area (Å²) in [4.78, 5) is 12.2. The molecule has 0 amide bonds. The Labute approximate surface area is 126 Å². The average Bonchev–Trinajstić information content (AvgIpc) is 2.36. The Bertz CT molecular complexity index is 707. The molecule has 2 aromatic carbocycles. The van der Waals surface area contributed by atoms with Crippen molar-refractivity contribution < 1.29 is 22.4 Å². The summed E-state index contributed by atoms with van der Waals surface area (Å²) < 4.78 is 51.5. The summed E-state index contributed by atoms with van der Waals surface area (Å²) in [6.45, 7) is 1.83. The number of hydrogen-bond acceptors (Lipinski definition) is 1. The van der Waals surface area contributed by atoms with Crippen LogP contribution in [0.25, 0.3) is 0 Å². The molecule has 0 saturated heterocycles. The molecule has 0 N–H and O–H groups in total. The van der Waals surface area contributed by atoms with Crippen molar-refractivity contribution in [2.75, 3.05) is 0 Å². The highest BCUT2D eigenvalue weighted by atomic mass is 79.9. The van der Waals surface area contributed by atoms with Gasteiger partial charge in [-0.2, -0.15) is 13.2 Å². The highest BCUT2D eigenvalue weighted by molar-refractivity contribution is 9.10. The third-order valence-electron chi connectivity index (χ3n) is 2.91. The lowest BCUT2D eigenvalue weighted by Gasteiger charge is -2.10. The summed E-state index contributed by atoms with van der Waals surface area (Å²) in [7, 11) is 0. The molecule has 0 saturated carbocycles. The lowest BCUT2D eigenvalue weighted by atomic mass is 10.0. The number of hydrogen-bond donors (Lipinski definition) is 0. The highest BCUT2D eigenvalue weighted by Crippen LogP contribution is 2.32. The summed E-state index contributed by atoms with van der Waals surface area (Å²) in [6.07, 6.45) is -4.78. The Hall–Kier alpha value is -1.69. The molecule has 21 heavy (non-hydrogen) atoms. The monoisotopic (exact) mass is 360 g/mol. The predicted molar refractivity (Wildman–Crippen MR) is 73.7 cm³/mol. The highest BCUT2D eigenvalue weighted by Gasteiger charge is 2.34. The van der Waals surface area contributed by atoms with Gasteiger partial charge in [-0.1, -0.05) is 28.1 Å². The minimum atomic E-state index is -4.78. The maximum absolute atomic E-state index is 13.5. The van der Waals surface area contributed by atoms with E-state index in [1.165, 1.54) is 6.07 Å². The number of halogens is 5. The smallest absolute Gasteiger partial charge is 0.289 e. The van der Waals surface area contributed by atoms with Crippen molar-refractivity contribution in [3.63, 3.8) is 0 Å². The first kappa shape index (κ1) is 15.7. The minimum absolute atomic E-state index is 0.134. The Morgan fingerprint density at radius 1 is 1.10 bits per heavy atom. The van der Waals surface area contributed by atoms with E-state index in [0.717, 1.165) is 11.6 Å². The number of carbonyl (C=O) groups excluding carboxylic acids is 1. The van der Waals surface area contributed by atoms with Gasteiger partial charge in [0.05, 0.1) is 5.56 Å². The van der Waals surface area contributed by atoms with Crippen molar-refractivity contribution in [2.45, 2.75) is 13.1 Å². The van der Waals surface area contributed by atoms with Gasteiger partial charge in [-0.25, -0.2) is 4.39 Å². The average molecular weight is 361 g/mol. The van der Waals surface area contributed by atoms with Crippen LogP contribution in [-0.4, -0.2) is 5.78 Å². The Morgan fingerprint density at radius 3 is 2.29 bits per heavy atom. The largest absolute Gasteiger partial charge is 0.419 e. The SMILES string of the molecule is Cc1ccc(C(=O)c2ccc(C(F)(F)F)c(F)c2)c(Br)c1. The zero-order valence-corrected chi connectivity index (χ0v) is 12.3. The van der Waals surface area contributed by atoms with Crippen molar-refractivity contribution in [1.82, 2.24) is 0 Å². The molecule has 0 unspecified atom stereocenters. The fourth-order valence-corrected chi connectivity index (χ4v) is 2.52. The zero-order chi connectivity index (χ0) is 15.8. The van der Waals surface area contributed by atoms with Gasteiger partial charge < -0.3 is 0 Å². The second kappa shape index (κ2) is 5.60. The molecule has 2 aromatic rings. The lowest BCUT2D eigenvalue weighted by molar-refractivity contribution is -0.140. The summed E-state index contributed by atoms with van der Waals surface area (Å²) in [6, 6.07) is 7.09. The minimum Gasteiger partial charge on any atom is -0.289 e. The van der Waals surface area contributed by atoms with Crippen LogP contribution in [0, 0.1) is 12.7 Å². The second-order valence-electron chi connectivity index (χ2n) is 4.50. The number of benzene rings is 2. The molecule has 0 aliphatic rings. The quantitative estimate of drug-likeness (QED) is 0.534. The number of alkyl halides is 3.